The minimum absolute atomic E-state index is 1.06. The van der Waals surface area contributed by atoms with Gasteiger partial charge in [-0.2, -0.15) is 0 Å². The number of rotatable bonds is 2. The summed E-state index contributed by atoms with van der Waals surface area (Å²) >= 11 is 0. The molecule has 73 valence electrons. The largest absolute Gasteiger partial charge is 0.342 e. The van der Waals surface area contributed by atoms with Gasteiger partial charge >= 0.3 is 0 Å². The van der Waals surface area contributed by atoms with E-state index in [0.717, 1.165) is 6.42 Å². The van der Waals surface area contributed by atoms with Gasteiger partial charge < -0.3 is 4.81 Å². The molecular formula is C12H17BN. The van der Waals surface area contributed by atoms with Gasteiger partial charge in [0.15, 0.2) is 0 Å². The van der Waals surface area contributed by atoms with Crippen molar-refractivity contribution < 1.29 is 0 Å². The number of hydrogen-bond acceptors (Lipinski definition) is 1. The topological polar surface area (TPSA) is 3.24 Å². The van der Waals surface area contributed by atoms with E-state index >= 15 is 0 Å². The normalized spacial score (nSPS) is 23.0. The average molecular weight is 186 g/mol. The van der Waals surface area contributed by atoms with Crippen LogP contribution in [0.3, 0.4) is 0 Å². The maximum absolute atomic E-state index is 2.45. The highest BCUT2D eigenvalue weighted by atomic mass is 15.0. The first-order valence-corrected chi connectivity index (χ1v) is 5.57. The molecule has 1 radical (unpaired) electrons. The molecule has 0 spiro atoms. The van der Waals surface area contributed by atoms with Crippen molar-refractivity contribution in [2.75, 3.05) is 13.1 Å². The first-order valence-electron chi connectivity index (χ1n) is 5.57. The molecule has 14 heavy (non-hydrogen) atoms. The number of nitrogens with zero attached hydrogens (tertiary/aromatic N) is 1. The fourth-order valence-electron chi connectivity index (χ4n) is 1.95. The van der Waals surface area contributed by atoms with Crippen molar-refractivity contribution in [3.05, 3.63) is 35.9 Å². The zero-order valence-electron chi connectivity index (χ0n) is 8.65. The molecule has 1 saturated heterocycles. The molecule has 0 amide bonds. The second-order valence-corrected chi connectivity index (χ2v) is 3.95. The summed E-state index contributed by atoms with van der Waals surface area (Å²) in [6, 6.07) is 0. The molecule has 1 fully saturated rings. The molecule has 1 aliphatic carbocycles. The molecule has 0 N–H and O–H groups in total. The first kappa shape index (κ1) is 9.79. The maximum atomic E-state index is 2.45. The highest BCUT2D eigenvalue weighted by molar-refractivity contribution is 6.43. The van der Waals surface area contributed by atoms with Crippen molar-refractivity contribution >= 4 is 7.41 Å². The maximum Gasteiger partial charge on any atom is 0.247 e. The van der Waals surface area contributed by atoms with Crippen LogP contribution in [0, 0.1) is 0 Å². The van der Waals surface area contributed by atoms with E-state index in [4.69, 9.17) is 0 Å². The van der Waals surface area contributed by atoms with E-state index in [1.807, 2.05) is 0 Å². The van der Waals surface area contributed by atoms with Crippen LogP contribution in [0.4, 0.5) is 0 Å². The van der Waals surface area contributed by atoms with Crippen LogP contribution >= 0.6 is 0 Å². The summed E-state index contributed by atoms with van der Waals surface area (Å²) in [5.74, 6) is 0. The third kappa shape index (κ3) is 2.88. The van der Waals surface area contributed by atoms with E-state index in [9.17, 15) is 0 Å². The van der Waals surface area contributed by atoms with Crippen LogP contribution in [-0.2, 0) is 0 Å². The molecule has 0 aromatic carbocycles. The van der Waals surface area contributed by atoms with Gasteiger partial charge in [-0.05, 0) is 32.4 Å². The summed E-state index contributed by atoms with van der Waals surface area (Å²) < 4.78 is 0. The number of hydrogen-bond donors (Lipinski definition) is 0. The standard InChI is InChI=1S/C12H17BN/c1-2-5-9-12(8-4-1)13-14-10-6-3-7-11-14/h1-2,4,8-9H,3,5-7,10-11H2. The van der Waals surface area contributed by atoms with Gasteiger partial charge in [-0.15, -0.1) is 0 Å². The fourth-order valence-corrected chi connectivity index (χ4v) is 1.95. The van der Waals surface area contributed by atoms with Crippen molar-refractivity contribution in [3.63, 3.8) is 0 Å². The minimum Gasteiger partial charge on any atom is -0.342 e. The number of piperidine rings is 1. The van der Waals surface area contributed by atoms with Crippen LogP contribution < -0.4 is 0 Å². The van der Waals surface area contributed by atoms with Gasteiger partial charge in [-0.1, -0.05) is 42.3 Å². The lowest BCUT2D eigenvalue weighted by atomic mass is 9.77. The zero-order chi connectivity index (χ0) is 9.64. The Balaban J connectivity index is 1.86. The Bertz CT molecular complexity index is 259. The molecule has 2 heteroatoms. The highest BCUT2D eigenvalue weighted by Crippen LogP contribution is 2.11. The lowest BCUT2D eigenvalue weighted by Gasteiger charge is -2.26. The molecular weight excluding hydrogens is 169 g/mol. The second kappa shape index (κ2) is 5.21. The van der Waals surface area contributed by atoms with Gasteiger partial charge in [-0.25, -0.2) is 0 Å². The van der Waals surface area contributed by atoms with Crippen molar-refractivity contribution in [2.24, 2.45) is 0 Å². The molecule has 0 atom stereocenters. The Morgan fingerprint density at radius 2 is 1.93 bits per heavy atom. The van der Waals surface area contributed by atoms with E-state index in [2.05, 4.69) is 42.6 Å². The third-order valence-electron chi connectivity index (χ3n) is 2.75. The zero-order valence-corrected chi connectivity index (χ0v) is 8.65. The predicted molar refractivity (Wildman–Crippen MR) is 62.2 cm³/mol. The Morgan fingerprint density at radius 3 is 2.79 bits per heavy atom. The Labute approximate surface area is 87.4 Å². The van der Waals surface area contributed by atoms with Gasteiger partial charge in [0, 0.05) is 0 Å². The van der Waals surface area contributed by atoms with Gasteiger partial charge in [0.2, 0.25) is 7.41 Å². The molecule has 1 aliphatic heterocycles. The van der Waals surface area contributed by atoms with Crippen molar-refractivity contribution in [2.45, 2.75) is 25.7 Å². The summed E-state index contributed by atoms with van der Waals surface area (Å²) in [5, 5.41) is 0. The van der Waals surface area contributed by atoms with Crippen molar-refractivity contribution in [3.8, 4) is 0 Å². The Kier molecular flexibility index (Phi) is 3.64. The van der Waals surface area contributed by atoms with E-state index in [1.165, 1.54) is 37.8 Å². The Morgan fingerprint density at radius 1 is 1.07 bits per heavy atom. The minimum atomic E-state index is 1.06. The first-order chi connectivity index (χ1) is 6.95. The smallest absolute Gasteiger partial charge is 0.247 e. The highest BCUT2D eigenvalue weighted by Gasteiger charge is 2.12. The molecule has 1 nitrogen and oxygen atoms in total. The molecule has 2 aliphatic rings. The summed E-state index contributed by atoms with van der Waals surface area (Å²) in [4.78, 5) is 2.45. The quantitative estimate of drug-likeness (QED) is 0.599. The van der Waals surface area contributed by atoms with Crippen LogP contribution in [0.2, 0.25) is 0 Å². The van der Waals surface area contributed by atoms with Crippen LogP contribution in [0.5, 0.6) is 0 Å². The van der Waals surface area contributed by atoms with E-state index in [1.54, 1.807) is 0 Å². The SMILES string of the molecule is [B](C1=CCC=CC=C1)N1CCCCC1. The summed E-state index contributed by atoms with van der Waals surface area (Å²) in [6.07, 6.45) is 16.1. The predicted octanol–water partition coefficient (Wildman–Crippen LogP) is 2.49. The lowest BCUT2D eigenvalue weighted by Crippen LogP contribution is -2.33. The molecule has 0 aromatic heterocycles. The van der Waals surface area contributed by atoms with E-state index < -0.39 is 0 Å². The fraction of sp³-hybridized carbons (Fsp3) is 0.500. The van der Waals surface area contributed by atoms with Crippen molar-refractivity contribution in [1.29, 1.82) is 0 Å². The van der Waals surface area contributed by atoms with Gasteiger partial charge in [0.25, 0.3) is 0 Å². The van der Waals surface area contributed by atoms with Gasteiger partial charge in [0.05, 0.1) is 0 Å². The molecule has 0 bridgehead atoms. The van der Waals surface area contributed by atoms with Crippen LogP contribution in [0.15, 0.2) is 35.9 Å². The summed E-state index contributed by atoms with van der Waals surface area (Å²) in [5.41, 5.74) is 1.36. The Hall–Kier alpha value is -0.755. The van der Waals surface area contributed by atoms with Gasteiger partial charge in [0.1, 0.15) is 0 Å². The second-order valence-electron chi connectivity index (χ2n) is 3.95. The van der Waals surface area contributed by atoms with Crippen LogP contribution in [0.25, 0.3) is 0 Å². The van der Waals surface area contributed by atoms with E-state index in [-0.39, 0.29) is 0 Å². The molecule has 1 heterocycles. The van der Waals surface area contributed by atoms with Crippen LogP contribution in [0.1, 0.15) is 25.7 Å². The molecule has 0 unspecified atom stereocenters. The van der Waals surface area contributed by atoms with Crippen molar-refractivity contribution in [1.82, 2.24) is 4.81 Å². The summed E-state index contributed by atoms with van der Waals surface area (Å²) in [7, 11) is 2.31. The monoisotopic (exact) mass is 186 g/mol. The molecule has 0 aromatic rings. The third-order valence-corrected chi connectivity index (χ3v) is 2.75. The van der Waals surface area contributed by atoms with E-state index in [0.29, 0.717) is 0 Å². The molecule has 2 rings (SSSR count). The summed E-state index contributed by atoms with van der Waals surface area (Å²) in [6.45, 7) is 2.47. The molecule has 0 saturated carbocycles. The van der Waals surface area contributed by atoms with Gasteiger partial charge in [-0.3, -0.25) is 0 Å². The van der Waals surface area contributed by atoms with Crippen LogP contribution in [-0.4, -0.2) is 25.3 Å². The lowest BCUT2D eigenvalue weighted by molar-refractivity contribution is 0.362. The number of allylic oxidation sites excluding steroid dienone is 6. The average Bonchev–Trinajstić information content (AvgIpc) is 2.48.